The number of alkyl halides is 2. The van der Waals surface area contributed by atoms with Crippen molar-refractivity contribution in [2.24, 2.45) is 0 Å². The number of carbonyl (C=O) groups is 4. The molecule has 2 heterocycles. The summed E-state index contributed by atoms with van der Waals surface area (Å²) in [5.41, 5.74) is 0.621. The molecule has 9 heteroatoms. The van der Waals surface area contributed by atoms with E-state index in [0.29, 0.717) is 16.7 Å². The maximum absolute atomic E-state index is 14.4. The number of benzene rings is 2. The van der Waals surface area contributed by atoms with Crippen molar-refractivity contribution in [1.29, 1.82) is 0 Å². The first kappa shape index (κ1) is 21.7. The lowest BCUT2D eigenvalue weighted by Gasteiger charge is -2.29. The number of imide groups is 1. The number of rotatable bonds is 6. The number of amides is 3. The van der Waals surface area contributed by atoms with E-state index < -0.39 is 41.5 Å². The zero-order valence-electron chi connectivity index (χ0n) is 16.9. The summed E-state index contributed by atoms with van der Waals surface area (Å²) >= 11 is 0. The summed E-state index contributed by atoms with van der Waals surface area (Å²) in [6.07, 6.45) is -0.148. The Morgan fingerprint density at radius 2 is 1.88 bits per heavy atom. The number of nitrogens with zero attached hydrogens (tertiary/aromatic N) is 1. The fourth-order valence-corrected chi connectivity index (χ4v) is 4.06. The molecule has 0 bridgehead atoms. The maximum atomic E-state index is 14.4. The van der Waals surface area contributed by atoms with Crippen molar-refractivity contribution in [3.8, 4) is 0 Å². The van der Waals surface area contributed by atoms with Crippen LogP contribution in [0.5, 0.6) is 0 Å². The average Bonchev–Trinajstić information content (AvgIpc) is 3.07. The predicted molar refractivity (Wildman–Crippen MR) is 106 cm³/mol. The van der Waals surface area contributed by atoms with E-state index in [4.69, 9.17) is 0 Å². The van der Waals surface area contributed by atoms with Gasteiger partial charge in [-0.3, -0.25) is 24.5 Å². The third kappa shape index (κ3) is 3.90. The van der Waals surface area contributed by atoms with Crippen molar-refractivity contribution in [2.75, 3.05) is 0 Å². The first-order valence-corrected chi connectivity index (χ1v) is 10.1. The lowest BCUT2D eigenvalue weighted by Crippen LogP contribution is -2.52. The number of nitrogens with one attached hydrogen (secondary N) is 1. The topological polar surface area (TPSA) is 83.6 Å². The lowest BCUT2D eigenvalue weighted by molar-refractivity contribution is -0.144. The molecule has 1 saturated heterocycles. The molecule has 2 aromatic rings. The number of fused-ring (bicyclic) bond motifs is 1. The highest BCUT2D eigenvalue weighted by molar-refractivity contribution is 6.05. The number of aryl methyl sites for hydroxylation is 1. The molecule has 0 aliphatic carbocycles. The summed E-state index contributed by atoms with van der Waals surface area (Å²) < 4.78 is 42.5. The molecule has 2 aliphatic heterocycles. The van der Waals surface area contributed by atoms with E-state index in [2.05, 4.69) is 5.32 Å². The highest BCUT2D eigenvalue weighted by atomic mass is 19.3. The van der Waals surface area contributed by atoms with Gasteiger partial charge in [-0.15, -0.1) is 0 Å². The molecule has 3 amide bonds. The van der Waals surface area contributed by atoms with E-state index in [1.165, 1.54) is 17.0 Å². The summed E-state index contributed by atoms with van der Waals surface area (Å²) in [6, 6.07) is 8.28. The van der Waals surface area contributed by atoms with Gasteiger partial charge in [0.15, 0.2) is 0 Å². The van der Waals surface area contributed by atoms with Gasteiger partial charge in [-0.2, -0.15) is 8.78 Å². The average molecular weight is 444 g/mol. The quantitative estimate of drug-likeness (QED) is 0.695. The van der Waals surface area contributed by atoms with Crippen LogP contribution in [-0.4, -0.2) is 34.4 Å². The van der Waals surface area contributed by atoms with Crippen LogP contribution in [0.4, 0.5) is 13.2 Å². The maximum Gasteiger partial charge on any atom is 0.333 e. The summed E-state index contributed by atoms with van der Waals surface area (Å²) in [6.45, 7) is 0.146. The molecule has 166 valence electrons. The highest BCUT2D eigenvalue weighted by Gasteiger charge is 2.42. The van der Waals surface area contributed by atoms with Crippen LogP contribution in [0.15, 0.2) is 42.5 Å². The summed E-state index contributed by atoms with van der Waals surface area (Å²) in [4.78, 5) is 49.7. The Morgan fingerprint density at radius 1 is 1.12 bits per heavy atom. The molecule has 1 fully saturated rings. The highest BCUT2D eigenvalue weighted by Crippen LogP contribution is 2.33. The zero-order valence-corrected chi connectivity index (χ0v) is 16.9. The molecule has 1 N–H and O–H groups in total. The largest absolute Gasteiger partial charge is 0.333 e. The molecular weight excluding hydrogens is 425 g/mol. The molecular formula is C23H19F3N2O4. The standard InChI is InChI=1S/C23H19F3N2O4/c24-17-4-2-1-3-16(17)23(25,26)19(29)9-6-13-5-7-15-14(11-13)12-28(22(15)32)18-8-10-20(30)27-21(18)31/h1-5,7,11,18H,6,8-10,12H2,(H,27,30,31). The van der Waals surface area contributed by atoms with Crippen molar-refractivity contribution in [3.05, 3.63) is 70.5 Å². The fourth-order valence-electron chi connectivity index (χ4n) is 4.06. The van der Waals surface area contributed by atoms with Crippen LogP contribution >= 0.6 is 0 Å². The molecule has 2 aliphatic rings. The second kappa shape index (κ2) is 8.22. The number of halogens is 3. The fraction of sp³-hybridized carbons (Fsp3) is 0.304. The minimum atomic E-state index is -3.94. The van der Waals surface area contributed by atoms with Crippen molar-refractivity contribution < 1.29 is 32.3 Å². The molecule has 1 atom stereocenters. The Labute approximate surface area is 181 Å². The predicted octanol–water partition coefficient (Wildman–Crippen LogP) is 2.88. The number of hydrogen-bond acceptors (Lipinski definition) is 4. The number of carbonyl (C=O) groups excluding carboxylic acids is 4. The van der Waals surface area contributed by atoms with Gasteiger partial charge in [0.25, 0.3) is 5.91 Å². The van der Waals surface area contributed by atoms with Crippen LogP contribution in [0.1, 0.15) is 46.3 Å². The number of ketones is 1. The van der Waals surface area contributed by atoms with Crippen molar-refractivity contribution in [3.63, 3.8) is 0 Å². The molecule has 1 unspecified atom stereocenters. The van der Waals surface area contributed by atoms with Gasteiger partial charge in [0, 0.05) is 24.9 Å². The van der Waals surface area contributed by atoms with Crippen molar-refractivity contribution in [2.45, 2.75) is 44.2 Å². The molecule has 6 nitrogen and oxygen atoms in total. The number of hydrogen-bond donors (Lipinski definition) is 1. The van der Waals surface area contributed by atoms with Crippen LogP contribution in [0.3, 0.4) is 0 Å². The normalized spacial score (nSPS) is 18.5. The van der Waals surface area contributed by atoms with Crippen molar-refractivity contribution >= 4 is 23.5 Å². The Balaban J connectivity index is 1.44. The third-order valence-corrected chi connectivity index (χ3v) is 5.79. The summed E-state index contributed by atoms with van der Waals surface area (Å²) in [7, 11) is 0. The van der Waals surface area contributed by atoms with Gasteiger partial charge >= 0.3 is 5.92 Å². The van der Waals surface area contributed by atoms with Gasteiger partial charge in [-0.1, -0.05) is 24.3 Å². The zero-order chi connectivity index (χ0) is 23.0. The van der Waals surface area contributed by atoms with Crippen molar-refractivity contribution in [1.82, 2.24) is 10.2 Å². The van der Waals surface area contributed by atoms with Gasteiger partial charge in [0.2, 0.25) is 17.6 Å². The Morgan fingerprint density at radius 3 is 2.59 bits per heavy atom. The lowest BCUT2D eigenvalue weighted by atomic mass is 9.97. The van der Waals surface area contributed by atoms with Crippen LogP contribution in [0.25, 0.3) is 0 Å². The SMILES string of the molecule is O=C1CCC(N2Cc3cc(CCC(=O)C(F)(F)c4ccccc4F)ccc3C2=O)C(=O)N1. The smallest absolute Gasteiger partial charge is 0.322 e. The molecule has 0 spiro atoms. The Kier molecular flexibility index (Phi) is 5.58. The van der Waals surface area contributed by atoms with E-state index in [1.54, 1.807) is 18.2 Å². The molecule has 0 radical (unpaired) electrons. The Bertz CT molecular complexity index is 1130. The molecule has 0 aromatic heterocycles. The molecule has 2 aromatic carbocycles. The third-order valence-electron chi connectivity index (χ3n) is 5.79. The van der Waals surface area contributed by atoms with E-state index in [0.717, 1.165) is 12.1 Å². The monoisotopic (exact) mass is 444 g/mol. The van der Waals surface area contributed by atoms with E-state index in [1.807, 2.05) is 0 Å². The number of Topliss-reactive ketones (excluding diaryl/α,β-unsaturated/α-hetero) is 1. The van der Waals surface area contributed by atoms with Gasteiger partial charge in [-0.25, -0.2) is 4.39 Å². The van der Waals surface area contributed by atoms with Crippen LogP contribution in [0.2, 0.25) is 0 Å². The Hall–Kier alpha value is -3.49. The molecule has 32 heavy (non-hydrogen) atoms. The second-order valence-electron chi connectivity index (χ2n) is 7.87. The minimum absolute atomic E-state index is 0.0111. The summed E-state index contributed by atoms with van der Waals surface area (Å²) in [5.74, 6) is -7.73. The second-order valence-corrected chi connectivity index (χ2v) is 7.87. The number of piperidine rings is 1. The van der Waals surface area contributed by atoms with Gasteiger partial charge in [0.1, 0.15) is 11.9 Å². The van der Waals surface area contributed by atoms with Crippen LogP contribution in [0, 0.1) is 5.82 Å². The van der Waals surface area contributed by atoms with E-state index in [-0.39, 0.29) is 37.6 Å². The van der Waals surface area contributed by atoms with Gasteiger partial charge < -0.3 is 4.90 Å². The van der Waals surface area contributed by atoms with E-state index >= 15 is 0 Å². The summed E-state index contributed by atoms with van der Waals surface area (Å²) in [5, 5.41) is 2.22. The molecule has 4 rings (SSSR count). The molecule has 0 saturated carbocycles. The first-order valence-electron chi connectivity index (χ1n) is 10.1. The minimum Gasteiger partial charge on any atom is -0.322 e. The van der Waals surface area contributed by atoms with E-state index in [9.17, 15) is 32.3 Å². The van der Waals surface area contributed by atoms with Crippen LogP contribution < -0.4 is 5.32 Å². The van der Waals surface area contributed by atoms with Gasteiger partial charge in [-0.05, 0) is 42.2 Å². The first-order chi connectivity index (χ1) is 15.2. The van der Waals surface area contributed by atoms with Crippen LogP contribution in [-0.2, 0) is 33.3 Å². The van der Waals surface area contributed by atoms with Gasteiger partial charge in [0.05, 0.1) is 5.56 Å².